The van der Waals surface area contributed by atoms with Crippen LogP contribution in [-0.2, 0) is 22.6 Å². The van der Waals surface area contributed by atoms with E-state index < -0.39 is 0 Å². The van der Waals surface area contributed by atoms with Gasteiger partial charge in [-0.25, -0.2) is 0 Å². The molecule has 0 spiro atoms. The van der Waals surface area contributed by atoms with Gasteiger partial charge in [-0.2, -0.15) is 0 Å². The number of ether oxygens (including phenoxy) is 3. The number of rotatable bonds is 11. The van der Waals surface area contributed by atoms with Gasteiger partial charge in [0.15, 0.2) is 17.3 Å². The Morgan fingerprint density at radius 1 is 0.892 bits per heavy atom. The van der Waals surface area contributed by atoms with Crippen molar-refractivity contribution in [3.05, 3.63) is 72.1 Å². The van der Waals surface area contributed by atoms with Crippen molar-refractivity contribution in [1.82, 2.24) is 14.7 Å². The van der Waals surface area contributed by atoms with Crippen molar-refractivity contribution in [2.24, 2.45) is 0 Å². The van der Waals surface area contributed by atoms with Crippen LogP contribution in [0.2, 0.25) is 0 Å². The van der Waals surface area contributed by atoms with E-state index in [0.29, 0.717) is 30.3 Å². The van der Waals surface area contributed by atoms with Gasteiger partial charge in [0.05, 0.1) is 32.3 Å². The molecule has 10 nitrogen and oxygen atoms in total. The fourth-order valence-corrected chi connectivity index (χ4v) is 4.46. The Labute approximate surface area is 215 Å². The Kier molecular flexibility index (Phi) is 8.07. The molecule has 0 radical (unpaired) electrons. The molecule has 3 aromatic rings. The van der Waals surface area contributed by atoms with E-state index in [1.165, 1.54) is 6.26 Å². The SMILES string of the molecule is O=C(CN(CCCN1CCOCC1)C(=O)c1ccco1)N(Cc1ccc2c(c1)OCO2)Cc1ccco1. The summed E-state index contributed by atoms with van der Waals surface area (Å²) in [6.45, 7) is 5.15. The van der Waals surface area contributed by atoms with Crippen molar-refractivity contribution in [3.8, 4) is 11.5 Å². The zero-order chi connectivity index (χ0) is 25.5. The number of fused-ring (bicyclic) bond motifs is 1. The molecule has 0 bridgehead atoms. The van der Waals surface area contributed by atoms with Gasteiger partial charge in [-0.3, -0.25) is 14.5 Å². The summed E-state index contributed by atoms with van der Waals surface area (Å²) in [5.41, 5.74) is 0.889. The quantitative estimate of drug-likeness (QED) is 0.389. The summed E-state index contributed by atoms with van der Waals surface area (Å²) in [5, 5.41) is 0. The van der Waals surface area contributed by atoms with Gasteiger partial charge in [-0.1, -0.05) is 6.07 Å². The zero-order valence-electron chi connectivity index (χ0n) is 20.7. The standard InChI is InChI=1S/C27H31N3O7/c31-26(19-29(27(32)24-5-2-13-35-24)9-3-8-28-10-14-33-15-11-28)30(18-22-4-1-12-34-22)17-21-6-7-23-25(16-21)37-20-36-23/h1-2,4-7,12-13,16H,3,8-11,14-15,17-20H2. The van der Waals surface area contributed by atoms with Gasteiger partial charge in [0.1, 0.15) is 12.3 Å². The Hall–Kier alpha value is -3.76. The van der Waals surface area contributed by atoms with E-state index in [9.17, 15) is 9.59 Å². The molecule has 1 aromatic carbocycles. The van der Waals surface area contributed by atoms with Gasteiger partial charge < -0.3 is 32.8 Å². The maximum Gasteiger partial charge on any atom is 0.290 e. The molecule has 2 aliphatic rings. The normalized spacial score (nSPS) is 15.0. The van der Waals surface area contributed by atoms with Gasteiger partial charge in [-0.15, -0.1) is 0 Å². The van der Waals surface area contributed by atoms with E-state index in [2.05, 4.69) is 4.90 Å². The third-order valence-electron chi connectivity index (χ3n) is 6.44. The lowest BCUT2D eigenvalue weighted by Gasteiger charge is -2.29. The van der Waals surface area contributed by atoms with Crippen LogP contribution < -0.4 is 9.47 Å². The molecule has 0 unspecified atom stereocenters. The molecule has 2 amide bonds. The molecule has 2 aromatic heterocycles. The first kappa shape index (κ1) is 24.9. The lowest BCUT2D eigenvalue weighted by Crippen LogP contribution is -2.44. The Morgan fingerprint density at radius 3 is 2.49 bits per heavy atom. The molecule has 2 aliphatic heterocycles. The highest BCUT2D eigenvalue weighted by molar-refractivity contribution is 5.94. The molecule has 1 fully saturated rings. The third-order valence-corrected chi connectivity index (χ3v) is 6.44. The second-order valence-electron chi connectivity index (χ2n) is 9.03. The number of hydrogen-bond donors (Lipinski definition) is 0. The van der Waals surface area contributed by atoms with Crippen LogP contribution in [0.1, 0.15) is 28.3 Å². The number of nitrogens with zero attached hydrogens (tertiary/aromatic N) is 3. The van der Waals surface area contributed by atoms with E-state index in [-0.39, 0.29) is 37.5 Å². The summed E-state index contributed by atoms with van der Waals surface area (Å²) in [7, 11) is 0. The van der Waals surface area contributed by atoms with Crippen LogP contribution in [0.5, 0.6) is 11.5 Å². The highest BCUT2D eigenvalue weighted by Gasteiger charge is 2.25. The van der Waals surface area contributed by atoms with E-state index in [4.69, 9.17) is 23.0 Å². The highest BCUT2D eigenvalue weighted by Crippen LogP contribution is 2.33. The number of morpholine rings is 1. The van der Waals surface area contributed by atoms with Gasteiger partial charge in [0.25, 0.3) is 5.91 Å². The minimum Gasteiger partial charge on any atom is -0.467 e. The Bertz CT molecular complexity index is 1160. The fraction of sp³-hybridized carbons (Fsp3) is 0.407. The van der Waals surface area contributed by atoms with E-state index >= 15 is 0 Å². The van der Waals surface area contributed by atoms with Crippen molar-refractivity contribution < 1.29 is 32.6 Å². The molecule has 0 saturated carbocycles. The molecular formula is C27H31N3O7. The molecule has 5 rings (SSSR count). The molecule has 0 aliphatic carbocycles. The number of amides is 2. The average Bonchev–Trinajstić information content (AvgIpc) is 3.71. The lowest BCUT2D eigenvalue weighted by molar-refractivity contribution is -0.133. The maximum absolute atomic E-state index is 13.6. The first-order valence-corrected chi connectivity index (χ1v) is 12.5. The summed E-state index contributed by atoms with van der Waals surface area (Å²) in [6, 6.07) is 12.5. The van der Waals surface area contributed by atoms with Gasteiger partial charge in [-0.05, 0) is 48.4 Å². The van der Waals surface area contributed by atoms with Gasteiger partial charge in [0.2, 0.25) is 12.7 Å². The summed E-state index contributed by atoms with van der Waals surface area (Å²) < 4.78 is 27.2. The minimum absolute atomic E-state index is 0.0755. The van der Waals surface area contributed by atoms with Crippen LogP contribution in [0.15, 0.2) is 63.8 Å². The minimum atomic E-state index is -0.304. The van der Waals surface area contributed by atoms with Crippen LogP contribution in [0.25, 0.3) is 0 Å². The first-order valence-electron chi connectivity index (χ1n) is 12.5. The molecule has 0 atom stereocenters. The van der Waals surface area contributed by atoms with Crippen molar-refractivity contribution >= 4 is 11.8 Å². The van der Waals surface area contributed by atoms with E-state index in [1.54, 1.807) is 34.3 Å². The number of carbonyl (C=O) groups excluding carboxylic acids is 2. The average molecular weight is 510 g/mol. The van der Waals surface area contributed by atoms with Crippen LogP contribution in [-0.4, -0.2) is 79.2 Å². The van der Waals surface area contributed by atoms with Crippen molar-refractivity contribution in [2.45, 2.75) is 19.5 Å². The molecule has 37 heavy (non-hydrogen) atoms. The number of furan rings is 2. The summed E-state index contributed by atoms with van der Waals surface area (Å²) in [4.78, 5) is 32.4. The van der Waals surface area contributed by atoms with Crippen LogP contribution >= 0.6 is 0 Å². The zero-order valence-corrected chi connectivity index (χ0v) is 20.7. The number of carbonyl (C=O) groups is 2. The van der Waals surface area contributed by atoms with Crippen molar-refractivity contribution in [3.63, 3.8) is 0 Å². The lowest BCUT2D eigenvalue weighted by atomic mass is 10.1. The smallest absolute Gasteiger partial charge is 0.290 e. The van der Waals surface area contributed by atoms with Crippen LogP contribution in [0, 0.1) is 0 Å². The second-order valence-corrected chi connectivity index (χ2v) is 9.03. The monoisotopic (exact) mass is 509 g/mol. The summed E-state index contributed by atoms with van der Waals surface area (Å²) >= 11 is 0. The predicted octanol–water partition coefficient (Wildman–Crippen LogP) is 2.99. The van der Waals surface area contributed by atoms with E-state index in [0.717, 1.165) is 44.8 Å². The topological polar surface area (TPSA) is 97.8 Å². The highest BCUT2D eigenvalue weighted by atomic mass is 16.7. The van der Waals surface area contributed by atoms with Crippen LogP contribution in [0.4, 0.5) is 0 Å². The van der Waals surface area contributed by atoms with E-state index in [1.807, 2.05) is 24.3 Å². The predicted molar refractivity (Wildman–Crippen MR) is 132 cm³/mol. The first-order chi connectivity index (χ1) is 18.2. The second kappa shape index (κ2) is 12.0. The molecule has 1 saturated heterocycles. The van der Waals surface area contributed by atoms with Crippen molar-refractivity contribution in [1.29, 1.82) is 0 Å². The molecule has 10 heteroatoms. The Morgan fingerprint density at radius 2 is 1.70 bits per heavy atom. The molecule has 196 valence electrons. The third kappa shape index (κ3) is 6.52. The molecule has 4 heterocycles. The van der Waals surface area contributed by atoms with Gasteiger partial charge >= 0.3 is 0 Å². The van der Waals surface area contributed by atoms with Gasteiger partial charge in [0, 0.05) is 32.7 Å². The van der Waals surface area contributed by atoms with Crippen LogP contribution in [0.3, 0.4) is 0 Å². The maximum atomic E-state index is 13.6. The summed E-state index contributed by atoms with van der Waals surface area (Å²) in [5.74, 6) is 1.71. The number of hydrogen-bond acceptors (Lipinski definition) is 8. The Balaban J connectivity index is 1.29. The molecular weight excluding hydrogens is 478 g/mol. The van der Waals surface area contributed by atoms with Crippen molar-refractivity contribution in [2.75, 3.05) is 52.7 Å². The fourth-order valence-electron chi connectivity index (χ4n) is 4.46. The molecule has 0 N–H and O–H groups in total. The largest absolute Gasteiger partial charge is 0.467 e. The summed E-state index contributed by atoms with van der Waals surface area (Å²) in [6.07, 6.45) is 3.78. The number of benzene rings is 1.